The zero-order chi connectivity index (χ0) is 3.54. The quantitative estimate of drug-likeness (QED) is 0.538. The predicted octanol–water partition coefficient (Wildman–Crippen LogP) is 0.993. The molecule has 0 fully saturated rings. The molecule has 1 aromatic heterocycles. The van der Waals surface area contributed by atoms with Crippen LogP contribution in [-0.4, -0.2) is 9.97 Å². The van der Waals surface area contributed by atoms with Crippen LogP contribution in [0, 0.1) is 0 Å². The second kappa shape index (κ2) is 5.46. The molecule has 4 N–H and O–H groups in total. The number of nitrogens with zero attached hydrogens (tertiary/aromatic N) is 1. The van der Waals surface area contributed by atoms with E-state index in [1.165, 1.54) is 0 Å². The summed E-state index contributed by atoms with van der Waals surface area (Å²) in [5.74, 6) is 0. The molecule has 0 unspecified atom stereocenters. The number of hydrogen-bond donors (Lipinski definition) is 2. The summed E-state index contributed by atoms with van der Waals surface area (Å²) in [6.45, 7) is 0. The van der Waals surface area contributed by atoms with Crippen molar-refractivity contribution in [2.45, 2.75) is 0 Å². The topological polar surface area (TPSA) is 63.7 Å². The zero-order valence-electron chi connectivity index (χ0n) is 3.79. The first-order chi connectivity index (χ1) is 2.50. The van der Waals surface area contributed by atoms with E-state index in [4.69, 9.17) is 0 Å². The maximum atomic E-state index is 3.67. The first-order valence-corrected chi connectivity index (χ1v) is 1.43. The number of rotatable bonds is 0. The van der Waals surface area contributed by atoms with Crippen LogP contribution in [0.5, 0.6) is 0 Å². The third-order valence-corrected chi connectivity index (χ3v) is 0.406. The molecule has 1 aromatic rings. The Labute approximate surface area is 48.1 Å². The first kappa shape index (κ1) is 9.68. The van der Waals surface area contributed by atoms with Gasteiger partial charge in [-0.2, -0.15) is 0 Å². The molecule has 0 aromatic carbocycles. The van der Waals surface area contributed by atoms with Crippen molar-refractivity contribution in [3.8, 4) is 0 Å². The van der Waals surface area contributed by atoms with E-state index in [1.54, 1.807) is 18.7 Å². The molecule has 0 aliphatic rings. The lowest BCUT2D eigenvalue weighted by molar-refractivity contribution is 1.31. The summed E-state index contributed by atoms with van der Waals surface area (Å²) in [6, 6.07) is 0. The number of hydrogen-bond acceptors (Lipinski definition) is 2. The first-order valence-electron chi connectivity index (χ1n) is 1.43. The average molecular weight is 122 g/mol. The normalized spacial score (nSPS) is 5.71. The number of imidazole rings is 1. The molecular weight excluding hydrogens is 114 g/mol. The van der Waals surface area contributed by atoms with E-state index in [2.05, 4.69) is 9.97 Å². The van der Waals surface area contributed by atoms with Gasteiger partial charge in [0.25, 0.3) is 0 Å². The largest absolute Gasteiger partial charge is 0.351 e. The highest BCUT2D eigenvalue weighted by atomic mass is 35.5. The van der Waals surface area contributed by atoms with E-state index in [1.807, 2.05) is 0 Å². The van der Waals surface area contributed by atoms with Crippen LogP contribution in [-0.2, 0) is 0 Å². The Kier molecular flexibility index (Phi) is 7.55. The number of halogens is 1. The van der Waals surface area contributed by atoms with Crippen LogP contribution < -0.4 is 6.15 Å². The standard InChI is InChI=1S/C3H4N2.ClH.H3N/c1-2-5-3-4-1;;/h1-3H,(H,4,5);1H;1H3. The van der Waals surface area contributed by atoms with Gasteiger partial charge in [0.15, 0.2) is 0 Å². The third kappa shape index (κ3) is 3.29. The molecule has 0 saturated carbocycles. The summed E-state index contributed by atoms with van der Waals surface area (Å²) >= 11 is 0. The van der Waals surface area contributed by atoms with Crippen LogP contribution in [0.3, 0.4) is 0 Å². The van der Waals surface area contributed by atoms with Crippen molar-refractivity contribution in [3.63, 3.8) is 0 Å². The van der Waals surface area contributed by atoms with E-state index in [9.17, 15) is 0 Å². The minimum absolute atomic E-state index is 0. The maximum Gasteiger partial charge on any atom is 0.0919 e. The molecule has 0 bridgehead atoms. The molecular formula is C3H8ClN3. The highest BCUT2D eigenvalue weighted by Gasteiger charge is 1.56. The molecule has 0 atom stereocenters. The predicted molar refractivity (Wildman–Crippen MR) is 30.9 cm³/mol. The van der Waals surface area contributed by atoms with Crippen molar-refractivity contribution in [1.29, 1.82) is 0 Å². The smallest absolute Gasteiger partial charge is 0.0919 e. The van der Waals surface area contributed by atoms with Crippen molar-refractivity contribution in [2.24, 2.45) is 0 Å². The van der Waals surface area contributed by atoms with E-state index in [-0.39, 0.29) is 18.6 Å². The number of aromatic nitrogens is 2. The Morgan fingerprint density at radius 3 is 2.29 bits per heavy atom. The highest BCUT2D eigenvalue weighted by molar-refractivity contribution is 5.85. The number of nitrogens with one attached hydrogen (secondary N) is 1. The summed E-state index contributed by atoms with van der Waals surface area (Å²) in [5.41, 5.74) is 0. The molecule has 1 heterocycles. The van der Waals surface area contributed by atoms with Crippen molar-refractivity contribution < 1.29 is 0 Å². The van der Waals surface area contributed by atoms with Gasteiger partial charge in [0.05, 0.1) is 6.33 Å². The van der Waals surface area contributed by atoms with Crippen LogP contribution in [0.1, 0.15) is 0 Å². The SMILES string of the molecule is Cl.N.c1c[nH]cn1. The average Bonchev–Trinajstić information content (AvgIpc) is 1.76. The molecule has 0 aliphatic carbocycles. The summed E-state index contributed by atoms with van der Waals surface area (Å²) in [5, 5.41) is 0. The van der Waals surface area contributed by atoms with Crippen LogP contribution in [0.25, 0.3) is 0 Å². The van der Waals surface area contributed by atoms with E-state index >= 15 is 0 Å². The molecule has 4 heteroatoms. The molecule has 0 saturated heterocycles. The van der Waals surface area contributed by atoms with Gasteiger partial charge in [-0.05, 0) is 0 Å². The molecule has 1 rings (SSSR count). The minimum Gasteiger partial charge on any atom is -0.351 e. The molecule has 0 radical (unpaired) electrons. The lowest BCUT2D eigenvalue weighted by Crippen LogP contribution is -1.44. The van der Waals surface area contributed by atoms with Gasteiger partial charge in [0.1, 0.15) is 0 Å². The fourth-order valence-corrected chi connectivity index (χ4v) is 0.215. The van der Waals surface area contributed by atoms with Gasteiger partial charge in [0, 0.05) is 12.4 Å². The van der Waals surface area contributed by atoms with E-state index < -0.39 is 0 Å². The maximum absolute atomic E-state index is 3.67. The lowest BCUT2D eigenvalue weighted by Gasteiger charge is -1.46. The van der Waals surface area contributed by atoms with Crippen LogP contribution >= 0.6 is 12.4 Å². The Hall–Kier alpha value is -0.540. The van der Waals surface area contributed by atoms with Crippen molar-refractivity contribution >= 4 is 12.4 Å². The van der Waals surface area contributed by atoms with Crippen molar-refractivity contribution in [3.05, 3.63) is 18.7 Å². The summed E-state index contributed by atoms with van der Waals surface area (Å²) in [4.78, 5) is 6.42. The van der Waals surface area contributed by atoms with E-state index in [0.29, 0.717) is 0 Å². The van der Waals surface area contributed by atoms with Crippen LogP contribution in [0.2, 0.25) is 0 Å². The van der Waals surface area contributed by atoms with Gasteiger partial charge in [0.2, 0.25) is 0 Å². The Bertz CT molecular complexity index is 66.7. The number of H-pyrrole nitrogens is 1. The summed E-state index contributed by atoms with van der Waals surface area (Å²) < 4.78 is 0. The van der Waals surface area contributed by atoms with Crippen molar-refractivity contribution in [1.82, 2.24) is 16.1 Å². The Morgan fingerprint density at radius 1 is 1.43 bits per heavy atom. The number of aromatic amines is 1. The third-order valence-electron chi connectivity index (χ3n) is 0.406. The van der Waals surface area contributed by atoms with Crippen LogP contribution in [0.4, 0.5) is 0 Å². The van der Waals surface area contributed by atoms with Gasteiger partial charge in [-0.1, -0.05) is 0 Å². The Morgan fingerprint density at radius 2 is 2.14 bits per heavy atom. The molecule has 0 spiro atoms. The van der Waals surface area contributed by atoms with Crippen molar-refractivity contribution in [2.75, 3.05) is 0 Å². The fourth-order valence-electron chi connectivity index (χ4n) is 0.215. The highest BCUT2D eigenvalue weighted by Crippen LogP contribution is 1.62. The molecule has 0 amide bonds. The minimum atomic E-state index is 0. The van der Waals surface area contributed by atoms with Gasteiger partial charge >= 0.3 is 0 Å². The molecule has 7 heavy (non-hydrogen) atoms. The lowest BCUT2D eigenvalue weighted by atomic mass is 11.0. The Balaban J connectivity index is 0. The fraction of sp³-hybridized carbons (Fsp3) is 0. The second-order valence-corrected chi connectivity index (χ2v) is 0.761. The molecule has 3 nitrogen and oxygen atoms in total. The van der Waals surface area contributed by atoms with Gasteiger partial charge < -0.3 is 11.1 Å². The van der Waals surface area contributed by atoms with Gasteiger partial charge in [-0.15, -0.1) is 12.4 Å². The van der Waals surface area contributed by atoms with Gasteiger partial charge in [-0.3, -0.25) is 0 Å². The molecule has 0 aliphatic heterocycles. The zero-order valence-corrected chi connectivity index (χ0v) is 4.61. The monoisotopic (exact) mass is 121 g/mol. The summed E-state index contributed by atoms with van der Waals surface area (Å²) in [6.07, 6.45) is 5.08. The molecule has 42 valence electrons. The van der Waals surface area contributed by atoms with Gasteiger partial charge in [-0.25, -0.2) is 4.98 Å². The van der Waals surface area contributed by atoms with Crippen LogP contribution in [0.15, 0.2) is 18.7 Å². The van der Waals surface area contributed by atoms with E-state index in [0.717, 1.165) is 0 Å². The second-order valence-electron chi connectivity index (χ2n) is 0.761. The summed E-state index contributed by atoms with van der Waals surface area (Å²) in [7, 11) is 0.